The van der Waals surface area contributed by atoms with Crippen molar-refractivity contribution in [2.45, 2.75) is 80.4 Å². The predicted octanol–water partition coefficient (Wildman–Crippen LogP) is 5.24. The van der Waals surface area contributed by atoms with Crippen LogP contribution in [0.5, 0.6) is 5.75 Å². The maximum atomic E-state index is 13.6. The number of nitrogens with zero attached hydrogens (tertiary/aromatic N) is 2. The average Bonchev–Trinajstić information content (AvgIpc) is 3.56. The first-order valence-corrected chi connectivity index (χ1v) is 19.4. The van der Waals surface area contributed by atoms with Gasteiger partial charge in [0, 0.05) is 43.1 Å². The van der Waals surface area contributed by atoms with E-state index in [1.54, 1.807) is 30.2 Å². The van der Waals surface area contributed by atoms with Crippen LogP contribution in [0.25, 0.3) is 0 Å². The molecule has 0 unspecified atom stereocenters. The van der Waals surface area contributed by atoms with Gasteiger partial charge in [0.2, 0.25) is 0 Å². The number of carbonyl (C=O) groups is 2. The zero-order valence-electron chi connectivity index (χ0n) is 28.9. The Morgan fingerprint density at radius 2 is 1.98 bits per heavy atom. The van der Waals surface area contributed by atoms with Crippen LogP contribution in [0.3, 0.4) is 0 Å². The summed E-state index contributed by atoms with van der Waals surface area (Å²) in [4.78, 5) is 30.6. The van der Waals surface area contributed by atoms with Crippen molar-refractivity contribution in [1.29, 1.82) is 0 Å². The molecule has 0 radical (unpaired) electrons. The smallest absolute Gasteiger partial charge is 0.410 e. The Morgan fingerprint density at radius 1 is 1.14 bits per heavy atom. The summed E-state index contributed by atoms with van der Waals surface area (Å²) >= 11 is 6.44. The Bertz CT molecular complexity index is 1780. The molecule has 2 aromatic carbocycles. The lowest BCUT2D eigenvalue weighted by Gasteiger charge is -2.46. The topological polar surface area (TPSA) is 124 Å². The van der Waals surface area contributed by atoms with Gasteiger partial charge in [0.15, 0.2) is 0 Å². The average molecular weight is 728 g/mol. The van der Waals surface area contributed by atoms with E-state index in [9.17, 15) is 18.0 Å². The summed E-state index contributed by atoms with van der Waals surface area (Å²) in [5.74, 6) is -0.0586. The van der Waals surface area contributed by atoms with E-state index in [-0.39, 0.29) is 34.8 Å². The summed E-state index contributed by atoms with van der Waals surface area (Å²) in [7, 11) is -2.50. The fraction of sp³-hybridized carbons (Fsp3) is 0.568. The molecule has 2 amide bonds. The van der Waals surface area contributed by atoms with Crippen LogP contribution in [0.1, 0.15) is 57.1 Å². The molecule has 2 bridgehead atoms. The van der Waals surface area contributed by atoms with E-state index in [1.165, 1.54) is 31.0 Å². The van der Waals surface area contributed by atoms with Gasteiger partial charge in [-0.25, -0.2) is 17.9 Å². The zero-order valence-corrected chi connectivity index (χ0v) is 30.4. The van der Waals surface area contributed by atoms with Gasteiger partial charge in [-0.05, 0) is 106 Å². The molecular formula is C37H46ClN3O8S. The molecule has 2 aliphatic carbocycles. The normalized spacial score (nSPS) is 30.8. The number of nitrogens with one attached hydrogen (secondary N) is 1. The van der Waals surface area contributed by atoms with Crippen molar-refractivity contribution >= 4 is 39.3 Å². The molecule has 1 saturated heterocycles. The van der Waals surface area contributed by atoms with Crippen LogP contribution in [0, 0.1) is 11.8 Å². The first-order chi connectivity index (χ1) is 23.8. The monoisotopic (exact) mass is 727 g/mol. The van der Waals surface area contributed by atoms with Gasteiger partial charge in [0.25, 0.3) is 15.9 Å². The van der Waals surface area contributed by atoms with Crippen molar-refractivity contribution in [2.75, 3.05) is 51.5 Å². The number of hydrogen-bond donors (Lipinski definition) is 1. The van der Waals surface area contributed by atoms with Gasteiger partial charge in [-0.1, -0.05) is 23.7 Å². The number of rotatable bonds is 2. The van der Waals surface area contributed by atoms with Gasteiger partial charge in [-0.15, -0.1) is 0 Å². The number of hydrogen-bond acceptors (Lipinski definition) is 9. The third-order valence-corrected chi connectivity index (χ3v) is 12.9. The minimum atomic E-state index is -4.24. The molecule has 270 valence electrons. The fourth-order valence-electron chi connectivity index (χ4n) is 8.06. The first-order valence-electron chi connectivity index (χ1n) is 17.5. The van der Waals surface area contributed by atoms with Crippen molar-refractivity contribution in [3.8, 4) is 5.75 Å². The summed E-state index contributed by atoms with van der Waals surface area (Å²) in [6, 6.07) is 10.8. The number of sulfonamides is 1. The van der Waals surface area contributed by atoms with Gasteiger partial charge >= 0.3 is 6.09 Å². The second-order valence-corrected chi connectivity index (χ2v) is 17.0. The predicted molar refractivity (Wildman–Crippen MR) is 188 cm³/mol. The third-order valence-electron chi connectivity index (χ3n) is 11.3. The van der Waals surface area contributed by atoms with E-state index >= 15 is 0 Å². The standard InChI is InChI=1S/C37H46ClN3O8S/c1-36(2)34(42)39-50(44,45)28-10-13-33-31(19-28)41(22-37(23-47-33)15-4-6-24-18-26(38)9-12-30(24)37)20-25-8-11-29(25)32(7-5-16-48-36)49-35(43)40(3)27-14-17-46-21-27/h5,7,9-10,12-13,18-19,25,27,29,32H,4,6,8,11,14-17,20-23H2,1-3H3,(H,39,42)/b7-5-/t25-,27-,29+,32-,37-/m0/s1. The van der Waals surface area contributed by atoms with Gasteiger partial charge in [-0.3, -0.25) is 4.79 Å². The van der Waals surface area contributed by atoms with Crippen molar-refractivity contribution in [3.05, 3.63) is 64.7 Å². The van der Waals surface area contributed by atoms with E-state index < -0.39 is 33.7 Å². The molecule has 1 spiro atoms. The van der Waals surface area contributed by atoms with Crippen molar-refractivity contribution < 1.29 is 37.0 Å². The Balaban J connectivity index is 1.27. The molecule has 7 rings (SSSR count). The molecule has 2 aromatic rings. The SMILES string of the molecule is CN(C(=O)O[C@H]1/C=C\COC(C)(C)C(=O)NS(=O)(=O)c2ccc3c(c2)N(C[C@@H]2CC[C@H]21)C[C@@]1(CCCc2cc(Cl)ccc21)CO3)[C@H]1CCOC1. The maximum Gasteiger partial charge on any atom is 0.410 e. The molecule has 5 atom stereocenters. The van der Waals surface area contributed by atoms with Crippen LogP contribution in [-0.4, -0.2) is 89.6 Å². The largest absolute Gasteiger partial charge is 0.490 e. The molecule has 11 nitrogen and oxygen atoms in total. The van der Waals surface area contributed by atoms with Crippen molar-refractivity contribution in [3.63, 3.8) is 0 Å². The third kappa shape index (κ3) is 6.83. The molecule has 5 aliphatic rings. The zero-order chi connectivity index (χ0) is 35.3. The van der Waals surface area contributed by atoms with E-state index in [2.05, 4.69) is 15.7 Å². The van der Waals surface area contributed by atoms with Gasteiger partial charge in [-0.2, -0.15) is 0 Å². The highest BCUT2D eigenvalue weighted by atomic mass is 35.5. The molecule has 3 aliphatic heterocycles. The highest BCUT2D eigenvalue weighted by molar-refractivity contribution is 7.90. The molecule has 13 heteroatoms. The summed E-state index contributed by atoms with van der Waals surface area (Å²) in [6.07, 6.45) is 8.00. The lowest BCUT2D eigenvalue weighted by molar-refractivity contribution is -0.139. The highest BCUT2D eigenvalue weighted by Gasteiger charge is 2.45. The molecule has 2 fully saturated rings. The lowest BCUT2D eigenvalue weighted by Crippen LogP contribution is -2.50. The molecular weight excluding hydrogens is 682 g/mol. The second-order valence-electron chi connectivity index (χ2n) is 14.9. The van der Waals surface area contributed by atoms with E-state index in [0.29, 0.717) is 49.4 Å². The number of carbonyl (C=O) groups excluding carboxylic acids is 2. The molecule has 50 heavy (non-hydrogen) atoms. The summed E-state index contributed by atoms with van der Waals surface area (Å²) < 4.78 is 53.7. The molecule has 1 N–H and O–H groups in total. The number of halogens is 1. The maximum absolute atomic E-state index is 13.6. The number of amides is 2. The Morgan fingerprint density at radius 3 is 2.74 bits per heavy atom. The lowest BCUT2D eigenvalue weighted by atomic mass is 9.68. The highest BCUT2D eigenvalue weighted by Crippen LogP contribution is 2.47. The van der Waals surface area contributed by atoms with E-state index in [4.69, 9.17) is 30.5 Å². The Kier molecular flexibility index (Phi) is 9.59. The molecule has 3 heterocycles. The fourth-order valence-corrected chi connectivity index (χ4v) is 9.38. The number of anilines is 1. The van der Waals surface area contributed by atoms with Crippen LogP contribution in [0.2, 0.25) is 5.02 Å². The van der Waals surface area contributed by atoms with Crippen molar-refractivity contribution in [1.82, 2.24) is 9.62 Å². The minimum absolute atomic E-state index is 0.0144. The Hall–Kier alpha value is -3.32. The van der Waals surface area contributed by atoms with Gasteiger partial charge in [0.1, 0.15) is 17.5 Å². The summed E-state index contributed by atoms with van der Waals surface area (Å²) in [5, 5.41) is 0.700. The molecule has 1 saturated carbocycles. The molecule has 0 aromatic heterocycles. The van der Waals surface area contributed by atoms with Crippen LogP contribution in [0.4, 0.5) is 10.5 Å². The minimum Gasteiger partial charge on any atom is -0.490 e. The van der Waals surface area contributed by atoms with Crippen LogP contribution in [0.15, 0.2) is 53.4 Å². The Labute approximate surface area is 299 Å². The van der Waals surface area contributed by atoms with Crippen LogP contribution >= 0.6 is 11.6 Å². The van der Waals surface area contributed by atoms with E-state index in [0.717, 1.165) is 38.5 Å². The number of benzene rings is 2. The quantitative estimate of drug-likeness (QED) is 0.414. The number of aryl methyl sites for hydroxylation is 1. The number of ether oxygens (including phenoxy) is 4. The van der Waals surface area contributed by atoms with Crippen LogP contribution < -0.4 is 14.4 Å². The summed E-state index contributed by atoms with van der Waals surface area (Å²) in [6.45, 7) is 5.77. The first kappa shape index (κ1) is 35.1. The number of fused-ring (bicyclic) bond motifs is 4. The van der Waals surface area contributed by atoms with E-state index in [1.807, 2.05) is 18.2 Å². The van der Waals surface area contributed by atoms with Gasteiger partial charge < -0.3 is 28.7 Å². The summed E-state index contributed by atoms with van der Waals surface area (Å²) in [5.41, 5.74) is 1.24. The van der Waals surface area contributed by atoms with Crippen LogP contribution in [-0.2, 0) is 40.9 Å². The number of likely N-dealkylation sites (N-methyl/N-ethyl adjacent to an activating group) is 1. The van der Waals surface area contributed by atoms with Gasteiger partial charge in [0.05, 0.1) is 36.4 Å². The van der Waals surface area contributed by atoms with Crippen molar-refractivity contribution in [2.24, 2.45) is 11.8 Å². The second kappa shape index (κ2) is 13.7.